The molecule has 1 aromatic carbocycles. The normalized spacial score (nSPS) is 20.3. The van der Waals surface area contributed by atoms with Crippen LogP contribution in [0.1, 0.15) is 40.2 Å². The molecule has 3 aliphatic carbocycles. The highest BCUT2D eigenvalue weighted by atomic mass is 16.5. The van der Waals surface area contributed by atoms with Crippen molar-refractivity contribution in [2.45, 2.75) is 18.8 Å². The minimum atomic E-state index is -0.515. The van der Waals surface area contributed by atoms with E-state index in [1.54, 1.807) is 36.0 Å². The molecule has 2 N–H and O–H groups in total. The zero-order valence-electron chi connectivity index (χ0n) is 33.6. The second-order valence-corrected chi connectivity index (χ2v) is 15.4. The maximum absolute atomic E-state index is 14.0. The molecule has 8 rings (SSSR count). The Kier molecular flexibility index (Phi) is 12.2. The second kappa shape index (κ2) is 18.0. The highest BCUT2D eigenvalue weighted by molar-refractivity contribution is 6.16. The van der Waals surface area contributed by atoms with E-state index in [2.05, 4.69) is 9.97 Å². The molecule has 0 saturated carbocycles. The number of nitrogens with zero attached hydrogens (tertiary/aromatic N) is 8. The number of likely N-dealkylation sites (tertiary alicyclic amines) is 1. The minimum Gasteiger partial charge on any atom is -0.378 e. The Balaban J connectivity index is 0.898. The number of piperidine rings is 1. The summed E-state index contributed by atoms with van der Waals surface area (Å²) in [5.74, 6) is -2.54. The number of imide groups is 2. The maximum atomic E-state index is 14.0. The molecule has 2 aliphatic heterocycles. The third kappa shape index (κ3) is 7.98. The van der Waals surface area contributed by atoms with Crippen LogP contribution < -0.4 is 5.73 Å². The van der Waals surface area contributed by atoms with E-state index >= 15 is 0 Å². The summed E-state index contributed by atoms with van der Waals surface area (Å²) in [5, 5.41) is 0. The lowest BCUT2D eigenvalue weighted by Gasteiger charge is -2.41. The van der Waals surface area contributed by atoms with Gasteiger partial charge in [-0.05, 0) is 50.2 Å². The molecule has 16 nitrogen and oxygen atoms in total. The molecule has 4 heterocycles. The smallest absolute Gasteiger partial charge is 0.260 e. The number of hydrogen-bond donors (Lipinski definition) is 1. The summed E-state index contributed by atoms with van der Waals surface area (Å²) < 4.78 is 14.8. The summed E-state index contributed by atoms with van der Waals surface area (Å²) in [7, 11) is 1.91. The van der Waals surface area contributed by atoms with Crippen LogP contribution in [0.4, 0.5) is 0 Å². The van der Waals surface area contributed by atoms with Crippen LogP contribution in [0.15, 0.2) is 97.2 Å². The Bertz CT molecular complexity index is 2290. The Labute approximate surface area is 347 Å². The maximum Gasteiger partial charge on any atom is 0.260 e. The fraction of sp³-hybridized carbons (Fsp3) is 0.386. The molecule has 1 saturated heterocycles. The number of likely N-dealkylation sites (N-methyl/N-ethyl adjacent to an activating group) is 1. The van der Waals surface area contributed by atoms with Gasteiger partial charge in [-0.25, -0.2) is 9.97 Å². The average molecular weight is 816 g/mol. The molecule has 5 aliphatic rings. The van der Waals surface area contributed by atoms with Gasteiger partial charge in [0.15, 0.2) is 0 Å². The largest absolute Gasteiger partial charge is 0.378 e. The summed E-state index contributed by atoms with van der Waals surface area (Å²) in [4.78, 5) is 83.6. The molecule has 60 heavy (non-hydrogen) atoms. The van der Waals surface area contributed by atoms with Crippen LogP contribution >= 0.6 is 0 Å². The molecule has 1 fully saturated rings. The average Bonchev–Trinajstić information content (AvgIpc) is 4.01. The molecule has 312 valence electrons. The van der Waals surface area contributed by atoms with Crippen molar-refractivity contribution >= 4 is 41.3 Å². The van der Waals surface area contributed by atoms with Gasteiger partial charge in [0.1, 0.15) is 6.61 Å². The molecule has 16 heteroatoms. The zero-order chi connectivity index (χ0) is 41.8. The van der Waals surface area contributed by atoms with Crippen molar-refractivity contribution in [1.29, 1.82) is 0 Å². The van der Waals surface area contributed by atoms with Gasteiger partial charge in [0.2, 0.25) is 11.8 Å². The number of allylic oxidation sites excluding steroid dienone is 7. The lowest BCUT2D eigenvalue weighted by Crippen LogP contribution is -2.51. The van der Waals surface area contributed by atoms with E-state index < -0.39 is 5.92 Å². The van der Waals surface area contributed by atoms with Crippen LogP contribution in [0.5, 0.6) is 0 Å². The lowest BCUT2D eigenvalue weighted by atomic mass is 9.70. The summed E-state index contributed by atoms with van der Waals surface area (Å²) in [6.07, 6.45) is 24.9. The minimum absolute atomic E-state index is 0.0258. The van der Waals surface area contributed by atoms with Crippen LogP contribution in [-0.2, 0) is 28.7 Å². The molecule has 3 aromatic rings. The Morgan fingerprint density at radius 2 is 1.60 bits per heavy atom. The van der Waals surface area contributed by atoms with Crippen LogP contribution in [-0.4, -0.2) is 148 Å². The SMILES string of the molecule is CN(CCCN(CCN1C(=O)c2ccc(-n3ccnc3)c3c2C(CC=C3)C1=O)C(=O)COCCOCCN)CCN1C(=O)C2=CC=CC3C(n4ccnc4)=CC=C(C1=O)C23. The van der Waals surface area contributed by atoms with Crippen molar-refractivity contribution in [1.82, 2.24) is 38.7 Å². The van der Waals surface area contributed by atoms with E-state index in [0.717, 1.165) is 22.5 Å². The van der Waals surface area contributed by atoms with Crippen LogP contribution in [0.2, 0.25) is 0 Å². The molecule has 3 unspecified atom stereocenters. The van der Waals surface area contributed by atoms with Crippen LogP contribution in [0, 0.1) is 11.8 Å². The summed E-state index contributed by atoms with van der Waals surface area (Å²) in [6, 6.07) is 3.64. The molecular weight excluding hydrogens is 767 g/mol. The number of ether oxygens (including phenoxy) is 2. The Morgan fingerprint density at radius 1 is 0.850 bits per heavy atom. The van der Waals surface area contributed by atoms with E-state index in [4.69, 9.17) is 15.2 Å². The number of nitrogens with two attached hydrogens (primary N) is 1. The lowest BCUT2D eigenvalue weighted by molar-refractivity contribution is -0.143. The van der Waals surface area contributed by atoms with Gasteiger partial charge in [0.25, 0.3) is 17.7 Å². The molecule has 3 atom stereocenters. The van der Waals surface area contributed by atoms with Gasteiger partial charge in [0, 0.05) is 104 Å². The van der Waals surface area contributed by atoms with Crippen molar-refractivity contribution in [3.63, 3.8) is 0 Å². The van der Waals surface area contributed by atoms with E-state index in [-0.39, 0.29) is 74.2 Å². The molecule has 0 radical (unpaired) electrons. The van der Waals surface area contributed by atoms with Gasteiger partial charge in [0.05, 0.1) is 44.1 Å². The number of benzene rings is 1. The van der Waals surface area contributed by atoms with Crippen molar-refractivity contribution in [3.05, 3.63) is 114 Å². The summed E-state index contributed by atoms with van der Waals surface area (Å²) in [6.45, 7) is 2.74. The number of carbonyl (C=O) groups excluding carboxylic acids is 5. The number of carbonyl (C=O) groups is 5. The van der Waals surface area contributed by atoms with E-state index in [9.17, 15) is 24.0 Å². The fourth-order valence-electron chi connectivity index (χ4n) is 8.74. The first-order valence-electron chi connectivity index (χ1n) is 20.4. The number of imidazole rings is 2. The first-order valence-corrected chi connectivity index (χ1v) is 20.4. The summed E-state index contributed by atoms with van der Waals surface area (Å²) >= 11 is 0. The van der Waals surface area contributed by atoms with Crippen LogP contribution in [0.3, 0.4) is 0 Å². The van der Waals surface area contributed by atoms with Crippen molar-refractivity contribution < 1.29 is 33.4 Å². The van der Waals surface area contributed by atoms with Gasteiger partial charge in [-0.2, -0.15) is 0 Å². The number of hydrogen-bond acceptors (Lipinski definition) is 11. The third-order valence-corrected chi connectivity index (χ3v) is 11.8. The van der Waals surface area contributed by atoms with Crippen molar-refractivity contribution in [2.24, 2.45) is 17.6 Å². The molecule has 2 aromatic heterocycles. The van der Waals surface area contributed by atoms with E-state index in [0.29, 0.717) is 68.9 Å². The van der Waals surface area contributed by atoms with Crippen molar-refractivity contribution in [3.8, 4) is 5.69 Å². The van der Waals surface area contributed by atoms with Gasteiger partial charge in [-0.3, -0.25) is 33.8 Å². The molecule has 0 spiro atoms. The molecule has 5 amide bonds. The standard InChI is InChI=1S/C44H49N9O7/c1-48(20-22-52-41(55)32-7-2-5-30-36(50-18-14-46-28-50)11-9-34(39(30)32)43(52)57)16-4-17-49(38(54)27-60-26-25-59-24-13-45)21-23-53-42(56)33-8-3-6-31-37(51-19-15-47-29-51)12-10-35(40(31)33)44(53)58/h2-3,5-7,9-12,14-15,18-19,28-30,33,39H,4,8,13,16-17,20-27,45H2,1H3. The van der Waals surface area contributed by atoms with Crippen molar-refractivity contribution in [2.75, 3.05) is 79.3 Å². The molecular formula is C44H49N9O7. The first kappa shape index (κ1) is 40.7. The zero-order valence-corrected chi connectivity index (χ0v) is 33.6. The van der Waals surface area contributed by atoms with Gasteiger partial charge in [-0.15, -0.1) is 0 Å². The number of amides is 5. The second-order valence-electron chi connectivity index (χ2n) is 15.4. The number of rotatable bonds is 19. The Morgan fingerprint density at radius 3 is 2.37 bits per heavy atom. The predicted molar refractivity (Wildman–Crippen MR) is 221 cm³/mol. The third-order valence-electron chi connectivity index (χ3n) is 11.8. The van der Waals surface area contributed by atoms with Crippen LogP contribution in [0.25, 0.3) is 17.5 Å². The Hall–Kier alpha value is -6.07. The van der Waals surface area contributed by atoms with Gasteiger partial charge in [-0.1, -0.05) is 36.5 Å². The van der Waals surface area contributed by atoms with E-state index in [1.807, 2.05) is 82.1 Å². The van der Waals surface area contributed by atoms with Gasteiger partial charge < -0.3 is 34.1 Å². The predicted octanol–water partition coefficient (Wildman–Crippen LogP) is 2.27. The first-order chi connectivity index (χ1) is 29.3. The quantitative estimate of drug-likeness (QED) is 0.139. The van der Waals surface area contributed by atoms with Gasteiger partial charge >= 0.3 is 0 Å². The highest BCUT2D eigenvalue weighted by Crippen LogP contribution is 2.45. The van der Waals surface area contributed by atoms with E-state index in [1.165, 1.54) is 9.80 Å². The highest BCUT2D eigenvalue weighted by Gasteiger charge is 2.47. The fourth-order valence-corrected chi connectivity index (χ4v) is 8.74. The number of aromatic nitrogens is 4. The molecule has 0 bridgehead atoms. The monoisotopic (exact) mass is 815 g/mol. The topological polar surface area (TPSA) is 178 Å². The summed E-state index contributed by atoms with van der Waals surface area (Å²) in [5.41, 5.74) is 10.5.